The number of hydrazone groups is 1. The van der Waals surface area contributed by atoms with Crippen molar-refractivity contribution in [2.45, 2.75) is 71.3 Å². The van der Waals surface area contributed by atoms with Crippen LogP contribution in [0.3, 0.4) is 0 Å². The molecule has 1 aromatic heterocycles. The Bertz CT molecular complexity index is 741. The van der Waals surface area contributed by atoms with Crippen LogP contribution in [0.15, 0.2) is 22.9 Å². The molecule has 1 fully saturated rings. The van der Waals surface area contributed by atoms with Crippen LogP contribution in [0.4, 0.5) is 0 Å². The molecule has 0 aromatic carbocycles. The number of unbranched alkanes of at least 4 members (excludes halogenated alkanes) is 1. The van der Waals surface area contributed by atoms with Gasteiger partial charge in [-0.05, 0) is 51.2 Å². The molecule has 0 amide bonds. The number of aryl methyl sites for hydroxylation is 1. The average Bonchev–Trinajstić information content (AvgIpc) is 2.74. The number of ether oxygens (including phenoxy) is 1. The monoisotopic (exact) mass is 418 g/mol. The lowest BCUT2D eigenvalue weighted by Gasteiger charge is -2.25. The van der Waals surface area contributed by atoms with E-state index in [9.17, 15) is 0 Å². The smallest absolute Gasteiger partial charge is 0.144 e. The molecule has 2 rings (SSSR count). The van der Waals surface area contributed by atoms with Gasteiger partial charge in [0.1, 0.15) is 11.6 Å². The summed E-state index contributed by atoms with van der Waals surface area (Å²) in [6.07, 6.45) is 8.45. The summed E-state index contributed by atoms with van der Waals surface area (Å²) in [5.41, 5.74) is 8.97. The van der Waals surface area contributed by atoms with Gasteiger partial charge >= 0.3 is 0 Å². The molecular weight excluding hydrogens is 380 g/mol. The maximum Gasteiger partial charge on any atom is 0.144 e. The van der Waals surface area contributed by atoms with E-state index in [1.54, 1.807) is 12.1 Å². The molecule has 0 aliphatic heterocycles. The Hall–Kier alpha value is -2.52. The number of amidine groups is 1. The summed E-state index contributed by atoms with van der Waals surface area (Å²) in [5, 5.41) is 6.84. The second-order valence-corrected chi connectivity index (χ2v) is 7.90. The van der Waals surface area contributed by atoms with E-state index in [0.717, 1.165) is 37.1 Å². The van der Waals surface area contributed by atoms with E-state index >= 15 is 0 Å². The molecule has 1 aromatic rings. The molecular formula is C21H38N8O. The lowest BCUT2D eigenvalue weighted by molar-refractivity contribution is 0.153. The van der Waals surface area contributed by atoms with Gasteiger partial charge in [0, 0.05) is 13.6 Å². The van der Waals surface area contributed by atoms with Crippen molar-refractivity contribution >= 4 is 11.5 Å². The minimum atomic E-state index is 0.269. The third-order valence-corrected chi connectivity index (χ3v) is 5.45. The zero-order valence-electron chi connectivity index (χ0n) is 18.6. The van der Waals surface area contributed by atoms with E-state index in [2.05, 4.69) is 17.0 Å². The first-order valence-corrected chi connectivity index (χ1v) is 10.8. The molecule has 1 heterocycles. The zero-order chi connectivity index (χ0) is 22.1. The maximum absolute atomic E-state index is 6.45. The summed E-state index contributed by atoms with van der Waals surface area (Å²) in [5.74, 6) is 19.0. The van der Waals surface area contributed by atoms with Crippen LogP contribution in [0, 0.1) is 6.92 Å². The second-order valence-electron chi connectivity index (χ2n) is 7.90. The lowest BCUT2D eigenvalue weighted by Crippen LogP contribution is -2.41. The van der Waals surface area contributed by atoms with Gasteiger partial charge in [0.15, 0.2) is 0 Å². The predicted molar refractivity (Wildman–Crippen MR) is 122 cm³/mol. The van der Waals surface area contributed by atoms with Crippen LogP contribution in [0.5, 0.6) is 5.75 Å². The SMILES string of the molecule is CCCCN(N)/C(C/C(=C(/N)c1ccc(OC2CCCCC2)c(C)n1)N(C)N)=N\N. The highest BCUT2D eigenvalue weighted by atomic mass is 16.5. The first kappa shape index (κ1) is 23.8. The lowest BCUT2D eigenvalue weighted by atomic mass is 9.98. The molecule has 1 aliphatic carbocycles. The third-order valence-electron chi connectivity index (χ3n) is 5.45. The Morgan fingerprint density at radius 2 is 1.93 bits per heavy atom. The van der Waals surface area contributed by atoms with Crippen LogP contribution < -0.4 is 28.0 Å². The maximum atomic E-state index is 6.45. The fraction of sp³-hybridized carbons (Fsp3) is 0.619. The van der Waals surface area contributed by atoms with E-state index in [1.165, 1.54) is 24.3 Å². The molecule has 9 heteroatoms. The molecule has 0 saturated heterocycles. The van der Waals surface area contributed by atoms with Crippen molar-refractivity contribution in [3.63, 3.8) is 0 Å². The largest absolute Gasteiger partial charge is 0.489 e. The van der Waals surface area contributed by atoms with Crippen LogP contribution in [0.2, 0.25) is 0 Å². The van der Waals surface area contributed by atoms with Crippen molar-refractivity contribution in [1.82, 2.24) is 15.0 Å². The first-order chi connectivity index (χ1) is 14.4. The summed E-state index contributed by atoms with van der Waals surface area (Å²) < 4.78 is 6.17. The fourth-order valence-corrected chi connectivity index (χ4v) is 3.57. The van der Waals surface area contributed by atoms with Gasteiger partial charge < -0.3 is 21.3 Å². The molecule has 0 spiro atoms. The van der Waals surface area contributed by atoms with Gasteiger partial charge in [-0.3, -0.25) is 5.01 Å². The highest BCUT2D eigenvalue weighted by Crippen LogP contribution is 2.26. The highest BCUT2D eigenvalue weighted by molar-refractivity contribution is 5.85. The zero-order valence-corrected chi connectivity index (χ0v) is 18.6. The number of aromatic nitrogens is 1. The standard InChI is InChI=1S/C21H38N8O/c1-4-5-13-29(25)20(27-23)14-18(28(3)24)21(22)17-11-12-19(15(2)26-17)30-16-9-7-6-8-10-16/h11-12,16H,4-10,13-14,22-25H2,1-3H3/b21-18-,27-20-. The quantitative estimate of drug-likeness (QED) is 0.207. The molecule has 30 heavy (non-hydrogen) atoms. The number of hydrogen-bond donors (Lipinski definition) is 4. The Kier molecular flexibility index (Phi) is 9.19. The van der Waals surface area contributed by atoms with Gasteiger partial charge in [0.25, 0.3) is 0 Å². The van der Waals surface area contributed by atoms with Crippen molar-refractivity contribution in [3.05, 3.63) is 29.2 Å². The highest BCUT2D eigenvalue weighted by Gasteiger charge is 2.19. The Labute approximate surface area is 180 Å². The number of nitrogens with zero attached hydrogens (tertiary/aromatic N) is 4. The van der Waals surface area contributed by atoms with Crippen LogP contribution in [0.25, 0.3) is 5.70 Å². The molecule has 0 bridgehead atoms. The van der Waals surface area contributed by atoms with Crippen molar-refractivity contribution in [1.29, 1.82) is 0 Å². The van der Waals surface area contributed by atoms with E-state index in [-0.39, 0.29) is 6.10 Å². The van der Waals surface area contributed by atoms with Crippen LogP contribution in [-0.4, -0.2) is 40.5 Å². The number of hydrogen-bond acceptors (Lipinski definition) is 8. The van der Waals surface area contributed by atoms with Crippen molar-refractivity contribution < 1.29 is 4.74 Å². The van der Waals surface area contributed by atoms with Gasteiger partial charge in [-0.1, -0.05) is 19.8 Å². The summed E-state index contributed by atoms with van der Waals surface area (Å²) in [6.45, 7) is 4.68. The number of pyridine rings is 1. The molecule has 168 valence electrons. The molecule has 9 nitrogen and oxygen atoms in total. The predicted octanol–water partition coefficient (Wildman–Crippen LogP) is 2.17. The summed E-state index contributed by atoms with van der Waals surface area (Å²) >= 11 is 0. The Morgan fingerprint density at radius 3 is 2.50 bits per heavy atom. The fourth-order valence-electron chi connectivity index (χ4n) is 3.57. The van der Waals surface area contributed by atoms with Gasteiger partial charge in [-0.2, -0.15) is 5.10 Å². The van der Waals surface area contributed by atoms with Crippen LogP contribution in [-0.2, 0) is 0 Å². The number of rotatable bonds is 9. The van der Waals surface area contributed by atoms with E-state index in [1.807, 2.05) is 19.1 Å². The van der Waals surface area contributed by atoms with Crippen molar-refractivity contribution in [2.24, 2.45) is 28.4 Å². The van der Waals surface area contributed by atoms with Gasteiger partial charge in [0.05, 0.1) is 35.3 Å². The molecule has 1 saturated carbocycles. The normalized spacial score (nSPS) is 16.2. The van der Waals surface area contributed by atoms with E-state index in [0.29, 0.717) is 35.9 Å². The topological polar surface area (TPSA) is 145 Å². The van der Waals surface area contributed by atoms with Crippen LogP contribution in [0.1, 0.15) is 69.7 Å². The minimum absolute atomic E-state index is 0.269. The average molecular weight is 419 g/mol. The Balaban J connectivity index is 2.21. The molecule has 1 aliphatic rings. The van der Waals surface area contributed by atoms with Gasteiger partial charge in [-0.25, -0.2) is 16.7 Å². The number of nitrogens with two attached hydrogens (primary N) is 4. The van der Waals surface area contributed by atoms with Crippen molar-refractivity contribution in [2.75, 3.05) is 13.6 Å². The van der Waals surface area contributed by atoms with Crippen molar-refractivity contribution in [3.8, 4) is 5.75 Å². The van der Waals surface area contributed by atoms with Gasteiger partial charge in [-0.15, -0.1) is 0 Å². The van der Waals surface area contributed by atoms with E-state index < -0.39 is 0 Å². The molecule has 8 N–H and O–H groups in total. The summed E-state index contributed by atoms with van der Waals surface area (Å²) in [6, 6.07) is 3.79. The molecule has 0 radical (unpaired) electrons. The first-order valence-electron chi connectivity index (χ1n) is 10.8. The molecule has 0 atom stereocenters. The van der Waals surface area contributed by atoms with E-state index in [4.69, 9.17) is 28.0 Å². The summed E-state index contributed by atoms with van der Waals surface area (Å²) in [7, 11) is 1.72. The summed E-state index contributed by atoms with van der Waals surface area (Å²) in [4.78, 5) is 4.66. The Morgan fingerprint density at radius 1 is 1.23 bits per heavy atom. The molecule has 0 unspecified atom stereocenters. The van der Waals surface area contributed by atoms with Gasteiger partial charge in [0.2, 0.25) is 0 Å². The minimum Gasteiger partial charge on any atom is -0.489 e. The van der Waals surface area contributed by atoms with Crippen LogP contribution >= 0.6 is 0 Å². The third kappa shape index (κ3) is 6.50. The number of hydrazine groups is 2. The second kappa shape index (κ2) is 11.6.